The van der Waals surface area contributed by atoms with Crippen molar-refractivity contribution in [3.63, 3.8) is 0 Å². The van der Waals surface area contributed by atoms with Gasteiger partial charge in [-0.3, -0.25) is 4.98 Å². The van der Waals surface area contributed by atoms with Gasteiger partial charge in [0.2, 0.25) is 0 Å². The SMILES string of the molecule is CC(C)C1CCCCC1Nc1cnccc1C(=O)O. The molecule has 2 unspecified atom stereocenters. The molecule has 0 radical (unpaired) electrons. The Kier molecular flexibility index (Phi) is 4.40. The molecule has 1 saturated carbocycles. The maximum atomic E-state index is 11.2. The number of carbonyl (C=O) groups is 1. The maximum Gasteiger partial charge on any atom is 0.337 e. The van der Waals surface area contributed by atoms with Crippen LogP contribution in [0.4, 0.5) is 5.69 Å². The van der Waals surface area contributed by atoms with Gasteiger partial charge in [-0.05, 0) is 30.7 Å². The minimum Gasteiger partial charge on any atom is -0.478 e. The van der Waals surface area contributed by atoms with E-state index < -0.39 is 5.97 Å². The Balaban J connectivity index is 2.17. The van der Waals surface area contributed by atoms with Crippen molar-refractivity contribution in [2.75, 3.05) is 5.32 Å². The van der Waals surface area contributed by atoms with Gasteiger partial charge in [0.05, 0.1) is 17.4 Å². The highest BCUT2D eigenvalue weighted by Crippen LogP contribution is 2.32. The van der Waals surface area contributed by atoms with Gasteiger partial charge in [-0.1, -0.05) is 26.7 Å². The summed E-state index contributed by atoms with van der Waals surface area (Å²) >= 11 is 0. The Labute approximate surface area is 114 Å². The standard InChI is InChI=1S/C15H22N2O2/c1-10(2)11-5-3-4-6-13(11)17-14-9-16-8-7-12(14)15(18)19/h7-11,13,17H,3-6H2,1-2H3,(H,18,19). The first-order valence-electron chi connectivity index (χ1n) is 7.03. The minimum atomic E-state index is -0.901. The quantitative estimate of drug-likeness (QED) is 0.873. The Hall–Kier alpha value is -1.58. The van der Waals surface area contributed by atoms with Crippen molar-refractivity contribution in [2.45, 2.75) is 45.6 Å². The molecule has 1 aliphatic carbocycles. The van der Waals surface area contributed by atoms with E-state index in [1.807, 2.05) is 0 Å². The molecule has 1 heterocycles. The molecular formula is C15H22N2O2. The highest BCUT2D eigenvalue weighted by Gasteiger charge is 2.28. The summed E-state index contributed by atoms with van der Waals surface area (Å²) in [7, 11) is 0. The summed E-state index contributed by atoms with van der Waals surface area (Å²) in [4.78, 5) is 15.2. The second-order valence-electron chi connectivity index (χ2n) is 5.67. The third-order valence-electron chi connectivity index (χ3n) is 4.07. The van der Waals surface area contributed by atoms with Crippen molar-refractivity contribution >= 4 is 11.7 Å². The Morgan fingerprint density at radius 1 is 1.42 bits per heavy atom. The van der Waals surface area contributed by atoms with Gasteiger partial charge in [0.25, 0.3) is 0 Å². The average Bonchev–Trinajstić information content (AvgIpc) is 2.39. The van der Waals surface area contributed by atoms with Gasteiger partial charge in [0.1, 0.15) is 0 Å². The smallest absolute Gasteiger partial charge is 0.337 e. The lowest BCUT2D eigenvalue weighted by Crippen LogP contribution is -2.35. The average molecular weight is 262 g/mol. The number of carboxylic acids is 1. The number of aromatic nitrogens is 1. The molecule has 0 spiro atoms. The Bertz CT molecular complexity index is 446. The van der Waals surface area contributed by atoms with Crippen LogP contribution >= 0.6 is 0 Å². The molecule has 1 aromatic rings. The largest absolute Gasteiger partial charge is 0.478 e. The molecule has 4 nitrogen and oxygen atoms in total. The summed E-state index contributed by atoms with van der Waals surface area (Å²) in [6.07, 6.45) is 7.96. The number of aromatic carboxylic acids is 1. The Morgan fingerprint density at radius 2 is 2.16 bits per heavy atom. The molecule has 1 aromatic heterocycles. The fourth-order valence-corrected chi connectivity index (χ4v) is 3.03. The first-order valence-corrected chi connectivity index (χ1v) is 7.03. The second kappa shape index (κ2) is 6.04. The van der Waals surface area contributed by atoms with Crippen LogP contribution < -0.4 is 5.32 Å². The van der Waals surface area contributed by atoms with Gasteiger partial charge in [-0.2, -0.15) is 0 Å². The molecule has 1 fully saturated rings. The van der Waals surface area contributed by atoms with Gasteiger partial charge in [-0.15, -0.1) is 0 Å². The fraction of sp³-hybridized carbons (Fsp3) is 0.600. The number of hydrogen-bond acceptors (Lipinski definition) is 3. The molecule has 1 aliphatic rings. The lowest BCUT2D eigenvalue weighted by molar-refractivity contribution is 0.0697. The molecule has 0 aromatic carbocycles. The molecule has 2 rings (SSSR count). The van der Waals surface area contributed by atoms with Crippen LogP contribution in [0.3, 0.4) is 0 Å². The topological polar surface area (TPSA) is 62.2 Å². The molecule has 2 N–H and O–H groups in total. The summed E-state index contributed by atoms with van der Waals surface area (Å²) in [5.41, 5.74) is 0.954. The van der Waals surface area contributed by atoms with Crippen molar-refractivity contribution in [3.05, 3.63) is 24.0 Å². The van der Waals surface area contributed by atoms with Gasteiger partial charge < -0.3 is 10.4 Å². The van der Waals surface area contributed by atoms with Gasteiger partial charge >= 0.3 is 5.97 Å². The summed E-state index contributed by atoms with van der Waals surface area (Å²) < 4.78 is 0. The molecule has 2 atom stereocenters. The van der Waals surface area contributed by atoms with Crippen LogP contribution in [-0.2, 0) is 0 Å². The van der Waals surface area contributed by atoms with Crippen LogP contribution in [0.15, 0.2) is 18.5 Å². The highest BCUT2D eigenvalue weighted by atomic mass is 16.4. The predicted octanol–water partition coefficient (Wildman–Crippen LogP) is 3.41. The van der Waals surface area contributed by atoms with E-state index in [1.165, 1.54) is 25.5 Å². The number of hydrogen-bond donors (Lipinski definition) is 2. The summed E-state index contributed by atoms with van der Waals surface area (Å²) in [5.74, 6) is 0.320. The lowest BCUT2D eigenvalue weighted by atomic mass is 9.77. The van der Waals surface area contributed by atoms with Crippen LogP contribution in [0.2, 0.25) is 0 Å². The van der Waals surface area contributed by atoms with Crippen LogP contribution in [0.5, 0.6) is 0 Å². The summed E-state index contributed by atoms with van der Waals surface area (Å²) in [6, 6.07) is 1.91. The third kappa shape index (κ3) is 3.25. The van der Waals surface area contributed by atoms with Crippen LogP contribution in [0.1, 0.15) is 49.9 Å². The minimum absolute atomic E-state index is 0.308. The van der Waals surface area contributed by atoms with Gasteiger partial charge in [-0.25, -0.2) is 4.79 Å². The number of rotatable bonds is 4. The maximum absolute atomic E-state index is 11.2. The molecule has 104 valence electrons. The molecule has 0 bridgehead atoms. The zero-order valence-electron chi connectivity index (χ0n) is 11.6. The molecule has 0 aliphatic heterocycles. The zero-order chi connectivity index (χ0) is 13.8. The number of carboxylic acid groups (broad SMARTS) is 1. The van der Waals surface area contributed by atoms with Gasteiger partial charge in [0.15, 0.2) is 0 Å². The number of anilines is 1. The molecular weight excluding hydrogens is 240 g/mol. The predicted molar refractivity (Wildman–Crippen MR) is 75.4 cm³/mol. The number of pyridine rings is 1. The van der Waals surface area contributed by atoms with Crippen LogP contribution in [-0.4, -0.2) is 22.1 Å². The van der Waals surface area contributed by atoms with Crippen molar-refractivity contribution < 1.29 is 9.90 Å². The van der Waals surface area contributed by atoms with E-state index in [1.54, 1.807) is 12.3 Å². The summed E-state index contributed by atoms with van der Waals surface area (Å²) in [6.45, 7) is 4.48. The lowest BCUT2D eigenvalue weighted by Gasteiger charge is -2.35. The molecule has 0 amide bonds. The van der Waals surface area contributed by atoms with Crippen molar-refractivity contribution in [1.29, 1.82) is 0 Å². The van der Waals surface area contributed by atoms with Crippen LogP contribution in [0, 0.1) is 11.8 Å². The normalized spacial score (nSPS) is 23.3. The van der Waals surface area contributed by atoms with E-state index in [2.05, 4.69) is 24.1 Å². The first-order chi connectivity index (χ1) is 9.09. The second-order valence-corrected chi connectivity index (χ2v) is 5.67. The monoisotopic (exact) mass is 262 g/mol. The number of nitrogens with one attached hydrogen (secondary N) is 1. The van der Waals surface area contributed by atoms with E-state index in [0.29, 0.717) is 29.1 Å². The van der Waals surface area contributed by atoms with E-state index in [0.717, 1.165) is 6.42 Å². The summed E-state index contributed by atoms with van der Waals surface area (Å²) in [5, 5.41) is 12.6. The zero-order valence-corrected chi connectivity index (χ0v) is 11.6. The number of nitrogens with zero attached hydrogens (tertiary/aromatic N) is 1. The van der Waals surface area contributed by atoms with E-state index in [-0.39, 0.29) is 0 Å². The first kappa shape index (κ1) is 13.8. The van der Waals surface area contributed by atoms with E-state index in [4.69, 9.17) is 0 Å². The third-order valence-corrected chi connectivity index (χ3v) is 4.07. The highest BCUT2D eigenvalue weighted by molar-refractivity contribution is 5.93. The van der Waals surface area contributed by atoms with Crippen molar-refractivity contribution in [2.24, 2.45) is 11.8 Å². The van der Waals surface area contributed by atoms with Crippen LogP contribution in [0.25, 0.3) is 0 Å². The van der Waals surface area contributed by atoms with Gasteiger partial charge in [0, 0.05) is 12.2 Å². The van der Waals surface area contributed by atoms with E-state index >= 15 is 0 Å². The fourth-order valence-electron chi connectivity index (χ4n) is 3.03. The molecule has 0 saturated heterocycles. The Morgan fingerprint density at radius 3 is 2.84 bits per heavy atom. The van der Waals surface area contributed by atoms with E-state index in [9.17, 15) is 9.90 Å². The van der Waals surface area contributed by atoms with Crippen molar-refractivity contribution in [3.8, 4) is 0 Å². The molecule has 4 heteroatoms. The molecule has 19 heavy (non-hydrogen) atoms. The van der Waals surface area contributed by atoms with Crippen molar-refractivity contribution in [1.82, 2.24) is 4.98 Å².